The fraction of sp³-hybridized carbons (Fsp3) is 0.0714. The summed E-state index contributed by atoms with van der Waals surface area (Å²) in [5.41, 5.74) is 4.66. The molecule has 2 N–H and O–H groups in total. The number of nitrogens with zero attached hydrogens (tertiary/aromatic N) is 1. The third-order valence-corrected chi connectivity index (χ3v) is 2.85. The summed E-state index contributed by atoms with van der Waals surface area (Å²) in [6, 6.07) is 8.94. The SMILES string of the molecule is N#Cc1cc(Cl)ccc1Oc1ccc(C(F)(F)F)cc1N. The molecule has 3 nitrogen and oxygen atoms in total. The van der Waals surface area contributed by atoms with Crippen LogP contribution in [-0.4, -0.2) is 0 Å². The van der Waals surface area contributed by atoms with Crippen molar-refractivity contribution >= 4 is 17.3 Å². The molecule has 0 amide bonds. The van der Waals surface area contributed by atoms with E-state index >= 15 is 0 Å². The van der Waals surface area contributed by atoms with E-state index in [-0.39, 0.29) is 22.7 Å². The molecule has 0 saturated carbocycles. The molecule has 0 saturated heterocycles. The van der Waals surface area contributed by atoms with E-state index in [4.69, 9.17) is 27.3 Å². The van der Waals surface area contributed by atoms with Gasteiger partial charge in [-0.05, 0) is 36.4 Å². The van der Waals surface area contributed by atoms with Gasteiger partial charge in [-0.2, -0.15) is 18.4 Å². The van der Waals surface area contributed by atoms with Gasteiger partial charge in [0.1, 0.15) is 17.6 Å². The van der Waals surface area contributed by atoms with Gasteiger partial charge in [0, 0.05) is 5.02 Å². The minimum atomic E-state index is -4.48. The lowest BCUT2D eigenvalue weighted by molar-refractivity contribution is -0.137. The Balaban J connectivity index is 2.35. The molecule has 0 unspecified atom stereocenters. The third-order valence-electron chi connectivity index (χ3n) is 2.62. The first kappa shape index (κ1) is 15.0. The van der Waals surface area contributed by atoms with Crippen molar-refractivity contribution in [1.29, 1.82) is 5.26 Å². The van der Waals surface area contributed by atoms with Crippen LogP contribution >= 0.6 is 11.6 Å². The van der Waals surface area contributed by atoms with Gasteiger partial charge in [-0.1, -0.05) is 11.6 Å². The largest absolute Gasteiger partial charge is 0.454 e. The van der Waals surface area contributed by atoms with Crippen LogP contribution in [0.2, 0.25) is 5.02 Å². The van der Waals surface area contributed by atoms with Crippen molar-refractivity contribution in [3.8, 4) is 17.6 Å². The zero-order valence-electron chi connectivity index (χ0n) is 10.4. The molecule has 0 aliphatic rings. The second-order valence-electron chi connectivity index (χ2n) is 4.10. The number of hydrogen-bond donors (Lipinski definition) is 1. The molecular formula is C14H8ClF3N2O. The first-order valence-corrected chi connectivity index (χ1v) is 6.03. The van der Waals surface area contributed by atoms with E-state index in [1.165, 1.54) is 18.2 Å². The van der Waals surface area contributed by atoms with Crippen molar-refractivity contribution in [3.63, 3.8) is 0 Å². The third kappa shape index (κ3) is 3.38. The monoisotopic (exact) mass is 312 g/mol. The molecule has 0 aromatic heterocycles. The number of nitrogen functional groups attached to an aromatic ring is 1. The fourth-order valence-corrected chi connectivity index (χ4v) is 1.79. The lowest BCUT2D eigenvalue weighted by atomic mass is 10.1. The summed E-state index contributed by atoms with van der Waals surface area (Å²) in [6.45, 7) is 0. The Morgan fingerprint density at radius 3 is 2.33 bits per heavy atom. The lowest BCUT2D eigenvalue weighted by Gasteiger charge is -2.12. The van der Waals surface area contributed by atoms with E-state index in [1.54, 1.807) is 0 Å². The van der Waals surface area contributed by atoms with Gasteiger partial charge in [0.05, 0.1) is 16.8 Å². The predicted molar refractivity (Wildman–Crippen MR) is 72.1 cm³/mol. The van der Waals surface area contributed by atoms with E-state index in [2.05, 4.69) is 0 Å². The van der Waals surface area contributed by atoms with Gasteiger partial charge in [0.15, 0.2) is 0 Å². The Morgan fingerprint density at radius 1 is 1.10 bits per heavy atom. The van der Waals surface area contributed by atoms with Crippen LogP contribution in [0.25, 0.3) is 0 Å². The predicted octanol–water partition coefficient (Wildman–Crippen LogP) is 4.60. The topological polar surface area (TPSA) is 59.0 Å². The highest BCUT2D eigenvalue weighted by atomic mass is 35.5. The molecule has 7 heteroatoms. The molecule has 108 valence electrons. The number of rotatable bonds is 2. The summed E-state index contributed by atoms with van der Waals surface area (Å²) in [4.78, 5) is 0. The second-order valence-corrected chi connectivity index (χ2v) is 4.54. The maximum Gasteiger partial charge on any atom is 0.416 e. The number of hydrogen-bond acceptors (Lipinski definition) is 3. The van der Waals surface area contributed by atoms with Gasteiger partial charge < -0.3 is 10.5 Å². The van der Waals surface area contributed by atoms with Crippen LogP contribution in [-0.2, 0) is 6.18 Å². The average Bonchev–Trinajstić information content (AvgIpc) is 2.41. The molecule has 0 aliphatic heterocycles. The number of ether oxygens (including phenoxy) is 1. The van der Waals surface area contributed by atoms with E-state index in [0.717, 1.165) is 18.2 Å². The lowest BCUT2D eigenvalue weighted by Crippen LogP contribution is -2.06. The fourth-order valence-electron chi connectivity index (χ4n) is 1.61. The number of nitrogens with two attached hydrogens (primary N) is 1. The van der Waals surface area contributed by atoms with Gasteiger partial charge in [-0.25, -0.2) is 0 Å². The first-order valence-electron chi connectivity index (χ1n) is 5.65. The zero-order chi connectivity index (χ0) is 15.6. The Labute approximate surface area is 123 Å². The summed E-state index contributed by atoms with van der Waals surface area (Å²) in [5.74, 6) is 0.190. The Bertz CT molecular complexity index is 723. The van der Waals surface area contributed by atoms with E-state index in [9.17, 15) is 13.2 Å². The van der Waals surface area contributed by atoms with Crippen molar-refractivity contribution in [2.45, 2.75) is 6.18 Å². The smallest absolute Gasteiger partial charge is 0.416 e. The van der Waals surface area contributed by atoms with Gasteiger partial charge in [0.25, 0.3) is 0 Å². The van der Waals surface area contributed by atoms with Crippen molar-refractivity contribution in [1.82, 2.24) is 0 Å². The quantitative estimate of drug-likeness (QED) is 0.824. The minimum absolute atomic E-state index is 0.0295. The average molecular weight is 313 g/mol. The van der Waals surface area contributed by atoms with E-state index < -0.39 is 11.7 Å². The number of anilines is 1. The summed E-state index contributed by atoms with van der Waals surface area (Å²) < 4.78 is 43.0. The summed E-state index contributed by atoms with van der Waals surface area (Å²) in [6.07, 6.45) is -4.48. The van der Waals surface area contributed by atoms with Crippen LogP contribution in [0.5, 0.6) is 11.5 Å². The van der Waals surface area contributed by atoms with Gasteiger partial charge in [0.2, 0.25) is 0 Å². The molecular weight excluding hydrogens is 305 g/mol. The molecule has 2 rings (SSSR count). The van der Waals surface area contributed by atoms with Crippen molar-refractivity contribution < 1.29 is 17.9 Å². The van der Waals surface area contributed by atoms with Gasteiger partial charge >= 0.3 is 6.18 Å². The molecule has 0 bridgehead atoms. The molecule has 2 aromatic rings. The van der Waals surface area contributed by atoms with E-state index in [1.807, 2.05) is 6.07 Å². The first-order chi connectivity index (χ1) is 9.81. The number of benzene rings is 2. The number of nitriles is 1. The van der Waals surface area contributed by atoms with Crippen LogP contribution in [0, 0.1) is 11.3 Å². The second kappa shape index (κ2) is 5.54. The maximum atomic E-state index is 12.5. The molecule has 0 fully saturated rings. The highest BCUT2D eigenvalue weighted by Gasteiger charge is 2.31. The standard InChI is InChI=1S/C14H8ClF3N2O/c15-10-2-4-12(8(5-10)7-19)21-13-3-1-9(6-11(13)20)14(16,17)18/h1-6H,20H2. The molecule has 0 aliphatic carbocycles. The molecule has 0 spiro atoms. The highest BCUT2D eigenvalue weighted by Crippen LogP contribution is 2.36. The molecule has 0 atom stereocenters. The van der Waals surface area contributed by atoms with Crippen molar-refractivity contribution in [2.75, 3.05) is 5.73 Å². The Kier molecular flexibility index (Phi) is 3.96. The summed E-state index contributed by atoms with van der Waals surface area (Å²) in [5, 5.41) is 9.32. The molecule has 0 radical (unpaired) electrons. The normalized spacial score (nSPS) is 11.0. The van der Waals surface area contributed by atoms with Gasteiger partial charge in [-0.3, -0.25) is 0 Å². The van der Waals surface area contributed by atoms with Crippen LogP contribution in [0.15, 0.2) is 36.4 Å². The molecule has 0 heterocycles. The number of alkyl halides is 3. The molecule has 21 heavy (non-hydrogen) atoms. The summed E-state index contributed by atoms with van der Waals surface area (Å²) >= 11 is 5.74. The molecule has 2 aromatic carbocycles. The zero-order valence-corrected chi connectivity index (χ0v) is 11.2. The maximum absolute atomic E-state index is 12.5. The summed E-state index contributed by atoms with van der Waals surface area (Å²) in [7, 11) is 0. The van der Waals surface area contributed by atoms with Crippen LogP contribution in [0.1, 0.15) is 11.1 Å². The van der Waals surface area contributed by atoms with Crippen molar-refractivity contribution in [3.05, 3.63) is 52.5 Å². The van der Waals surface area contributed by atoms with Crippen LogP contribution in [0.4, 0.5) is 18.9 Å². The number of halogens is 4. The van der Waals surface area contributed by atoms with E-state index in [0.29, 0.717) is 5.02 Å². The van der Waals surface area contributed by atoms with Gasteiger partial charge in [-0.15, -0.1) is 0 Å². The Morgan fingerprint density at radius 2 is 1.76 bits per heavy atom. The minimum Gasteiger partial charge on any atom is -0.454 e. The Hall–Kier alpha value is -2.39. The van der Waals surface area contributed by atoms with Crippen molar-refractivity contribution in [2.24, 2.45) is 0 Å². The van der Waals surface area contributed by atoms with Crippen LogP contribution < -0.4 is 10.5 Å². The highest BCUT2D eigenvalue weighted by molar-refractivity contribution is 6.30. The van der Waals surface area contributed by atoms with Crippen LogP contribution in [0.3, 0.4) is 0 Å².